The lowest BCUT2D eigenvalue weighted by atomic mass is 10.1. The van der Waals surface area contributed by atoms with Crippen LogP contribution in [0.15, 0.2) is 70.6 Å². The van der Waals surface area contributed by atoms with Gasteiger partial charge >= 0.3 is 0 Å². The molecule has 0 radical (unpaired) electrons. The highest BCUT2D eigenvalue weighted by atomic mass is 16.5. The minimum Gasteiger partial charge on any atom is -0.494 e. The van der Waals surface area contributed by atoms with E-state index in [0.29, 0.717) is 12.3 Å². The normalized spacial score (nSPS) is 10.8. The Morgan fingerprint density at radius 1 is 1.16 bits per heavy atom. The second-order valence-corrected chi connectivity index (χ2v) is 5.22. The summed E-state index contributed by atoms with van der Waals surface area (Å²) >= 11 is 0. The molecule has 0 aliphatic carbocycles. The summed E-state index contributed by atoms with van der Waals surface area (Å²) in [5.41, 5.74) is 4.87. The molecular weight excluding hydrogens is 316 g/mol. The van der Waals surface area contributed by atoms with Gasteiger partial charge in [0.2, 0.25) is 5.95 Å². The molecule has 6 nitrogen and oxygen atoms in total. The topological polar surface area (TPSA) is 79.4 Å². The fourth-order valence-corrected chi connectivity index (χ4v) is 2.25. The van der Waals surface area contributed by atoms with Crippen LogP contribution in [0.2, 0.25) is 0 Å². The van der Waals surface area contributed by atoms with Crippen LogP contribution in [0.5, 0.6) is 5.75 Å². The molecule has 0 spiro atoms. The van der Waals surface area contributed by atoms with Crippen molar-refractivity contribution in [2.24, 2.45) is 5.10 Å². The number of aromatic amines is 1. The molecule has 0 atom stereocenters. The predicted octanol–water partition coefficient (Wildman–Crippen LogP) is 3.28. The Kier molecular flexibility index (Phi) is 5.21. The van der Waals surface area contributed by atoms with Gasteiger partial charge in [-0.2, -0.15) is 5.10 Å². The number of hydrogen-bond donors (Lipinski definition) is 2. The lowest BCUT2D eigenvalue weighted by Gasteiger charge is -2.04. The van der Waals surface area contributed by atoms with Crippen molar-refractivity contribution in [3.05, 3.63) is 76.6 Å². The largest absolute Gasteiger partial charge is 0.494 e. The second kappa shape index (κ2) is 7.92. The van der Waals surface area contributed by atoms with Gasteiger partial charge < -0.3 is 4.74 Å². The van der Waals surface area contributed by atoms with Crippen LogP contribution in [0.3, 0.4) is 0 Å². The van der Waals surface area contributed by atoms with E-state index in [2.05, 4.69) is 20.5 Å². The molecule has 0 fully saturated rings. The van der Waals surface area contributed by atoms with Crippen molar-refractivity contribution in [2.75, 3.05) is 12.0 Å². The second-order valence-electron chi connectivity index (χ2n) is 5.22. The molecule has 2 N–H and O–H groups in total. The summed E-state index contributed by atoms with van der Waals surface area (Å²) in [7, 11) is 0. The first kappa shape index (κ1) is 16.4. The molecule has 6 heteroatoms. The van der Waals surface area contributed by atoms with Gasteiger partial charge in [0, 0.05) is 11.6 Å². The molecule has 0 bridgehead atoms. The zero-order chi connectivity index (χ0) is 17.5. The Labute approximate surface area is 145 Å². The molecule has 3 rings (SSSR count). The molecule has 0 aliphatic heterocycles. The van der Waals surface area contributed by atoms with E-state index in [1.165, 1.54) is 6.07 Å². The van der Waals surface area contributed by atoms with Crippen LogP contribution in [-0.2, 0) is 0 Å². The van der Waals surface area contributed by atoms with E-state index >= 15 is 0 Å². The molecule has 0 saturated carbocycles. The highest BCUT2D eigenvalue weighted by Gasteiger charge is 2.02. The zero-order valence-electron chi connectivity index (χ0n) is 13.8. The van der Waals surface area contributed by atoms with E-state index < -0.39 is 0 Å². The number of ether oxygens (including phenoxy) is 1. The van der Waals surface area contributed by atoms with Gasteiger partial charge in [0.05, 0.1) is 18.5 Å². The van der Waals surface area contributed by atoms with Gasteiger partial charge in [-0.15, -0.1) is 0 Å². The first-order valence-electron chi connectivity index (χ1n) is 7.93. The number of aromatic nitrogens is 2. The Balaban J connectivity index is 1.72. The number of nitrogens with zero attached hydrogens (tertiary/aromatic N) is 2. The number of anilines is 1. The number of rotatable bonds is 6. The highest BCUT2D eigenvalue weighted by molar-refractivity contribution is 5.80. The number of hydrazone groups is 1. The lowest BCUT2D eigenvalue weighted by Crippen LogP contribution is -2.10. The molecule has 2 aromatic carbocycles. The van der Waals surface area contributed by atoms with Crippen LogP contribution < -0.4 is 15.7 Å². The molecule has 1 heterocycles. The zero-order valence-corrected chi connectivity index (χ0v) is 13.8. The number of benzene rings is 2. The molecule has 0 aliphatic rings. The Morgan fingerprint density at radius 2 is 1.92 bits per heavy atom. The van der Waals surface area contributed by atoms with Crippen LogP contribution in [0.1, 0.15) is 12.5 Å². The highest BCUT2D eigenvalue weighted by Crippen LogP contribution is 2.15. The third-order valence-electron chi connectivity index (χ3n) is 3.39. The average molecular weight is 334 g/mol. The molecule has 0 saturated heterocycles. The number of nitrogens with one attached hydrogen (secondary N) is 2. The Hall–Kier alpha value is -3.41. The van der Waals surface area contributed by atoms with Crippen molar-refractivity contribution in [3.63, 3.8) is 0 Å². The summed E-state index contributed by atoms with van der Waals surface area (Å²) in [6.07, 6.45) is 1.64. The van der Waals surface area contributed by atoms with Gasteiger partial charge in [-0.25, -0.2) is 10.4 Å². The van der Waals surface area contributed by atoms with Crippen LogP contribution in [-0.4, -0.2) is 22.8 Å². The molecular formula is C19H18N4O2. The first-order valence-corrected chi connectivity index (χ1v) is 7.93. The van der Waals surface area contributed by atoms with E-state index in [1.807, 2.05) is 61.5 Å². The summed E-state index contributed by atoms with van der Waals surface area (Å²) in [5.74, 6) is 1.10. The molecule has 3 aromatic rings. The van der Waals surface area contributed by atoms with Crippen molar-refractivity contribution in [3.8, 4) is 17.0 Å². The summed E-state index contributed by atoms with van der Waals surface area (Å²) in [5, 5.41) is 4.11. The van der Waals surface area contributed by atoms with Crippen molar-refractivity contribution in [1.82, 2.24) is 9.97 Å². The number of hydrogen-bond acceptors (Lipinski definition) is 5. The lowest BCUT2D eigenvalue weighted by molar-refractivity contribution is 0.340. The summed E-state index contributed by atoms with van der Waals surface area (Å²) in [4.78, 5) is 18.8. The standard InChI is InChI=1S/C19H18N4O2/c1-2-25-16-10-8-14(9-11-16)13-20-23-19-21-17(12-18(24)22-19)15-6-4-3-5-7-15/h3-13H,2H2,1H3,(H2,21,22,23,24)/b20-13-. The monoisotopic (exact) mass is 334 g/mol. The first-order chi connectivity index (χ1) is 12.2. The number of H-pyrrole nitrogens is 1. The summed E-state index contributed by atoms with van der Waals surface area (Å²) in [6, 6.07) is 18.5. The molecule has 0 unspecified atom stereocenters. The fraction of sp³-hybridized carbons (Fsp3) is 0.105. The maximum atomic E-state index is 11.8. The third-order valence-corrected chi connectivity index (χ3v) is 3.39. The van der Waals surface area contributed by atoms with Crippen LogP contribution >= 0.6 is 0 Å². The van der Waals surface area contributed by atoms with Gasteiger partial charge in [0.15, 0.2) is 0 Å². The van der Waals surface area contributed by atoms with Gasteiger partial charge in [-0.1, -0.05) is 30.3 Å². The fourth-order valence-electron chi connectivity index (χ4n) is 2.25. The summed E-state index contributed by atoms with van der Waals surface area (Å²) in [6.45, 7) is 2.57. The maximum Gasteiger partial charge on any atom is 0.252 e. The van der Waals surface area contributed by atoms with Crippen molar-refractivity contribution in [1.29, 1.82) is 0 Å². The SMILES string of the molecule is CCOc1ccc(/C=N\Nc2nc(-c3ccccc3)cc(=O)[nH]2)cc1. The smallest absolute Gasteiger partial charge is 0.252 e. The minimum absolute atomic E-state index is 0.243. The van der Waals surface area contributed by atoms with Gasteiger partial charge in [0.25, 0.3) is 5.56 Å². The van der Waals surface area contributed by atoms with Crippen molar-refractivity contribution < 1.29 is 4.74 Å². The molecule has 1 aromatic heterocycles. The van der Waals surface area contributed by atoms with Crippen molar-refractivity contribution >= 4 is 12.2 Å². The Bertz CT molecular complexity index is 903. The van der Waals surface area contributed by atoms with E-state index in [1.54, 1.807) is 6.21 Å². The minimum atomic E-state index is -0.243. The summed E-state index contributed by atoms with van der Waals surface area (Å²) < 4.78 is 5.39. The van der Waals surface area contributed by atoms with E-state index in [9.17, 15) is 4.79 Å². The van der Waals surface area contributed by atoms with Gasteiger partial charge in [-0.05, 0) is 36.8 Å². The van der Waals surface area contributed by atoms with E-state index in [4.69, 9.17) is 4.74 Å². The van der Waals surface area contributed by atoms with Crippen LogP contribution in [0.4, 0.5) is 5.95 Å². The Morgan fingerprint density at radius 3 is 2.64 bits per heavy atom. The van der Waals surface area contributed by atoms with E-state index in [-0.39, 0.29) is 11.5 Å². The molecule has 0 amide bonds. The predicted molar refractivity (Wildman–Crippen MR) is 99.1 cm³/mol. The third kappa shape index (κ3) is 4.54. The molecule has 126 valence electrons. The maximum absolute atomic E-state index is 11.8. The molecule has 25 heavy (non-hydrogen) atoms. The van der Waals surface area contributed by atoms with Gasteiger partial charge in [0.1, 0.15) is 5.75 Å². The van der Waals surface area contributed by atoms with Crippen LogP contribution in [0.25, 0.3) is 11.3 Å². The average Bonchev–Trinajstić information content (AvgIpc) is 2.64. The quantitative estimate of drug-likeness (QED) is 0.535. The van der Waals surface area contributed by atoms with Crippen molar-refractivity contribution in [2.45, 2.75) is 6.92 Å². The van der Waals surface area contributed by atoms with Gasteiger partial charge in [-0.3, -0.25) is 9.78 Å². The van der Waals surface area contributed by atoms with Crippen LogP contribution in [0, 0.1) is 0 Å². The van der Waals surface area contributed by atoms with E-state index in [0.717, 1.165) is 16.9 Å².